The number of ether oxygens (including phenoxy) is 1. The van der Waals surface area contributed by atoms with Crippen molar-refractivity contribution in [3.05, 3.63) is 78.2 Å². The SMILES string of the molecule is COc1ccc(-c2cc(C(=O)NCc3nc4ccccc4[nH]3)ccn2)cc1. The maximum absolute atomic E-state index is 12.5. The quantitative estimate of drug-likeness (QED) is 0.572. The highest BCUT2D eigenvalue weighted by atomic mass is 16.5. The van der Waals surface area contributed by atoms with Gasteiger partial charge in [-0.1, -0.05) is 12.1 Å². The zero-order chi connectivity index (χ0) is 18.6. The van der Waals surface area contributed by atoms with E-state index in [0.717, 1.165) is 28.0 Å². The van der Waals surface area contributed by atoms with Gasteiger partial charge in [0.15, 0.2) is 0 Å². The number of carbonyl (C=O) groups is 1. The predicted molar refractivity (Wildman–Crippen MR) is 103 cm³/mol. The van der Waals surface area contributed by atoms with Crippen molar-refractivity contribution in [2.75, 3.05) is 7.11 Å². The third-order valence-electron chi connectivity index (χ3n) is 4.26. The maximum atomic E-state index is 12.5. The first-order chi connectivity index (χ1) is 13.2. The average Bonchev–Trinajstić information content (AvgIpc) is 3.15. The lowest BCUT2D eigenvalue weighted by atomic mass is 10.1. The van der Waals surface area contributed by atoms with Gasteiger partial charge in [0.1, 0.15) is 11.6 Å². The van der Waals surface area contributed by atoms with Crippen LogP contribution in [0.3, 0.4) is 0 Å². The summed E-state index contributed by atoms with van der Waals surface area (Å²) >= 11 is 0. The number of nitrogens with zero attached hydrogens (tertiary/aromatic N) is 2. The highest BCUT2D eigenvalue weighted by Crippen LogP contribution is 2.21. The van der Waals surface area contributed by atoms with Crippen LogP contribution in [0.15, 0.2) is 66.9 Å². The Labute approximate surface area is 156 Å². The fraction of sp³-hybridized carbons (Fsp3) is 0.0952. The molecule has 2 heterocycles. The minimum atomic E-state index is -0.174. The van der Waals surface area contributed by atoms with Gasteiger partial charge in [0.05, 0.1) is 30.4 Å². The number of nitrogens with one attached hydrogen (secondary N) is 2. The van der Waals surface area contributed by atoms with Crippen LogP contribution >= 0.6 is 0 Å². The largest absolute Gasteiger partial charge is 0.497 e. The first-order valence-electron chi connectivity index (χ1n) is 8.55. The second-order valence-corrected chi connectivity index (χ2v) is 6.04. The number of benzene rings is 2. The van der Waals surface area contributed by atoms with Crippen LogP contribution in [0.25, 0.3) is 22.3 Å². The van der Waals surface area contributed by atoms with E-state index >= 15 is 0 Å². The highest BCUT2D eigenvalue weighted by Gasteiger charge is 2.09. The molecule has 2 aromatic carbocycles. The van der Waals surface area contributed by atoms with E-state index in [4.69, 9.17) is 4.74 Å². The van der Waals surface area contributed by atoms with Crippen molar-refractivity contribution in [3.63, 3.8) is 0 Å². The number of hydrogen-bond donors (Lipinski definition) is 2. The lowest BCUT2D eigenvalue weighted by Gasteiger charge is -2.06. The Balaban J connectivity index is 1.48. The smallest absolute Gasteiger partial charge is 0.251 e. The molecule has 6 nitrogen and oxygen atoms in total. The minimum Gasteiger partial charge on any atom is -0.497 e. The Morgan fingerprint density at radius 1 is 1.11 bits per heavy atom. The van der Waals surface area contributed by atoms with E-state index in [9.17, 15) is 4.79 Å². The summed E-state index contributed by atoms with van der Waals surface area (Å²) in [4.78, 5) is 24.5. The predicted octanol–water partition coefficient (Wildman–Crippen LogP) is 3.56. The summed E-state index contributed by atoms with van der Waals surface area (Å²) in [5.41, 5.74) is 4.03. The molecular weight excluding hydrogens is 340 g/mol. The van der Waals surface area contributed by atoms with E-state index in [1.807, 2.05) is 48.5 Å². The Hall–Kier alpha value is -3.67. The van der Waals surface area contributed by atoms with Crippen molar-refractivity contribution < 1.29 is 9.53 Å². The summed E-state index contributed by atoms with van der Waals surface area (Å²) in [5.74, 6) is 1.32. The van der Waals surface area contributed by atoms with Crippen LogP contribution in [0.2, 0.25) is 0 Å². The molecule has 0 aliphatic heterocycles. The van der Waals surface area contributed by atoms with Crippen LogP contribution in [0.4, 0.5) is 0 Å². The number of rotatable bonds is 5. The van der Waals surface area contributed by atoms with Crippen molar-refractivity contribution in [1.29, 1.82) is 0 Å². The van der Waals surface area contributed by atoms with Crippen LogP contribution in [0, 0.1) is 0 Å². The van der Waals surface area contributed by atoms with Gasteiger partial charge in [-0.2, -0.15) is 0 Å². The molecule has 0 saturated carbocycles. The maximum Gasteiger partial charge on any atom is 0.251 e. The van der Waals surface area contributed by atoms with Gasteiger partial charge in [0.2, 0.25) is 0 Å². The normalized spacial score (nSPS) is 10.7. The van der Waals surface area contributed by atoms with Crippen molar-refractivity contribution in [1.82, 2.24) is 20.3 Å². The lowest BCUT2D eigenvalue weighted by Crippen LogP contribution is -2.23. The summed E-state index contributed by atoms with van der Waals surface area (Å²) < 4.78 is 5.17. The fourth-order valence-corrected chi connectivity index (χ4v) is 2.85. The first kappa shape index (κ1) is 16.8. The molecule has 27 heavy (non-hydrogen) atoms. The number of carbonyl (C=O) groups excluding carboxylic acids is 1. The van der Waals surface area contributed by atoms with Gasteiger partial charge in [0, 0.05) is 17.3 Å². The Morgan fingerprint density at radius 3 is 2.70 bits per heavy atom. The molecule has 2 N–H and O–H groups in total. The van der Waals surface area contributed by atoms with Crippen molar-refractivity contribution in [2.45, 2.75) is 6.54 Å². The zero-order valence-corrected chi connectivity index (χ0v) is 14.8. The molecule has 0 bridgehead atoms. The molecule has 4 rings (SSSR count). The highest BCUT2D eigenvalue weighted by molar-refractivity contribution is 5.95. The summed E-state index contributed by atoms with van der Waals surface area (Å²) in [7, 11) is 1.63. The number of pyridine rings is 1. The molecule has 6 heteroatoms. The molecule has 0 saturated heterocycles. The topological polar surface area (TPSA) is 79.9 Å². The van der Waals surface area contributed by atoms with E-state index in [1.54, 1.807) is 25.4 Å². The molecular formula is C21H18N4O2. The van der Waals surface area contributed by atoms with Gasteiger partial charge >= 0.3 is 0 Å². The van der Waals surface area contributed by atoms with E-state index in [1.165, 1.54) is 0 Å². The summed E-state index contributed by atoms with van der Waals surface area (Å²) in [5, 5.41) is 2.89. The number of para-hydroxylation sites is 2. The van der Waals surface area contributed by atoms with Crippen molar-refractivity contribution in [2.24, 2.45) is 0 Å². The number of H-pyrrole nitrogens is 1. The fourth-order valence-electron chi connectivity index (χ4n) is 2.85. The van der Waals surface area contributed by atoms with E-state index in [0.29, 0.717) is 17.9 Å². The molecule has 0 aliphatic rings. The molecule has 2 aromatic heterocycles. The average molecular weight is 358 g/mol. The van der Waals surface area contributed by atoms with Gasteiger partial charge in [0.25, 0.3) is 5.91 Å². The van der Waals surface area contributed by atoms with Gasteiger partial charge in [-0.05, 0) is 48.5 Å². The van der Waals surface area contributed by atoms with Gasteiger partial charge < -0.3 is 15.0 Å². The second-order valence-electron chi connectivity index (χ2n) is 6.04. The van der Waals surface area contributed by atoms with Crippen molar-refractivity contribution >= 4 is 16.9 Å². The molecule has 1 amide bonds. The molecule has 0 fully saturated rings. The first-order valence-corrected chi connectivity index (χ1v) is 8.55. The van der Waals surface area contributed by atoms with Crippen LogP contribution < -0.4 is 10.1 Å². The zero-order valence-electron chi connectivity index (χ0n) is 14.8. The number of aromatic amines is 1. The monoisotopic (exact) mass is 358 g/mol. The van der Waals surface area contributed by atoms with E-state index in [2.05, 4.69) is 20.3 Å². The molecule has 0 unspecified atom stereocenters. The number of aromatic nitrogens is 3. The molecule has 0 spiro atoms. The summed E-state index contributed by atoms with van der Waals surface area (Å²) in [6, 6.07) is 18.8. The summed E-state index contributed by atoms with van der Waals surface area (Å²) in [6.07, 6.45) is 1.63. The Morgan fingerprint density at radius 2 is 1.93 bits per heavy atom. The second kappa shape index (κ2) is 7.29. The van der Waals surface area contributed by atoms with E-state index in [-0.39, 0.29) is 5.91 Å². The standard InChI is InChI=1S/C21H18N4O2/c1-27-16-8-6-14(7-9-16)19-12-15(10-11-22-19)21(26)23-13-20-24-17-4-2-3-5-18(17)25-20/h2-12H,13H2,1H3,(H,23,26)(H,24,25). The summed E-state index contributed by atoms with van der Waals surface area (Å²) in [6.45, 7) is 0.327. The number of methoxy groups -OCH3 is 1. The van der Waals surface area contributed by atoms with Crippen molar-refractivity contribution in [3.8, 4) is 17.0 Å². The minimum absolute atomic E-state index is 0.174. The number of fused-ring (bicyclic) bond motifs is 1. The Kier molecular flexibility index (Phi) is 4.53. The lowest BCUT2D eigenvalue weighted by molar-refractivity contribution is 0.0950. The van der Waals surface area contributed by atoms with Gasteiger partial charge in [-0.3, -0.25) is 9.78 Å². The van der Waals surface area contributed by atoms with Crippen LogP contribution in [-0.4, -0.2) is 28.0 Å². The number of hydrogen-bond acceptors (Lipinski definition) is 4. The number of imidazole rings is 1. The van der Waals surface area contributed by atoms with Crippen LogP contribution in [0.5, 0.6) is 5.75 Å². The molecule has 0 atom stereocenters. The Bertz CT molecular complexity index is 1050. The molecule has 4 aromatic rings. The van der Waals surface area contributed by atoms with Crippen LogP contribution in [0.1, 0.15) is 16.2 Å². The molecule has 134 valence electrons. The molecule has 0 radical (unpaired) electrons. The van der Waals surface area contributed by atoms with Gasteiger partial charge in [-0.25, -0.2) is 4.98 Å². The van der Waals surface area contributed by atoms with Gasteiger partial charge in [-0.15, -0.1) is 0 Å². The number of amides is 1. The van der Waals surface area contributed by atoms with Crippen LogP contribution in [-0.2, 0) is 6.54 Å². The van der Waals surface area contributed by atoms with E-state index < -0.39 is 0 Å². The third-order valence-corrected chi connectivity index (χ3v) is 4.26. The molecule has 0 aliphatic carbocycles. The third kappa shape index (κ3) is 3.64.